The van der Waals surface area contributed by atoms with Crippen LogP contribution in [0.3, 0.4) is 0 Å². The molecule has 0 saturated carbocycles. The van der Waals surface area contributed by atoms with Crippen LogP contribution in [0.25, 0.3) is 11.0 Å². The number of fused-ring (bicyclic) bond motifs is 1. The number of benzene rings is 1. The topological polar surface area (TPSA) is 61.5 Å². The minimum absolute atomic E-state index is 0.306. The summed E-state index contributed by atoms with van der Waals surface area (Å²) in [4.78, 5) is 6.11. The number of nitrogens with zero attached hydrogens (tertiary/aromatic N) is 3. The third-order valence-electron chi connectivity index (χ3n) is 3.36. The van der Waals surface area contributed by atoms with Gasteiger partial charge in [0.05, 0.1) is 17.7 Å². The zero-order valence-corrected chi connectivity index (χ0v) is 9.91. The van der Waals surface area contributed by atoms with Crippen LogP contribution in [0, 0.1) is 5.82 Å². The maximum absolute atomic E-state index is 13.7. The summed E-state index contributed by atoms with van der Waals surface area (Å²) in [6, 6.07) is 4.74. The zero-order chi connectivity index (χ0) is 12.9. The van der Waals surface area contributed by atoms with E-state index in [0.29, 0.717) is 30.1 Å². The Morgan fingerprint density at radius 2 is 1.94 bits per heavy atom. The predicted octanol–water partition coefficient (Wildman–Crippen LogP) is 0.254. The van der Waals surface area contributed by atoms with E-state index in [4.69, 9.17) is 0 Å². The van der Waals surface area contributed by atoms with Gasteiger partial charge in [-0.15, -0.1) is 0 Å². The normalized spacial score (nSPS) is 24.1. The van der Waals surface area contributed by atoms with Gasteiger partial charge in [-0.2, -0.15) is 0 Å². The van der Waals surface area contributed by atoms with Crippen LogP contribution in [0.1, 0.15) is 0 Å². The number of hydrogen-bond acceptors (Lipinski definition) is 4. The number of aliphatic hydroxyl groups is 2. The molecule has 0 bridgehead atoms. The molecule has 5 nitrogen and oxygen atoms in total. The van der Waals surface area contributed by atoms with Gasteiger partial charge in [0, 0.05) is 20.1 Å². The highest BCUT2D eigenvalue weighted by atomic mass is 19.1. The van der Waals surface area contributed by atoms with Crippen molar-refractivity contribution in [1.82, 2.24) is 9.55 Å². The van der Waals surface area contributed by atoms with E-state index in [1.54, 1.807) is 28.6 Å². The Labute approximate surface area is 103 Å². The van der Waals surface area contributed by atoms with Crippen molar-refractivity contribution in [1.29, 1.82) is 0 Å². The molecule has 2 N–H and O–H groups in total. The van der Waals surface area contributed by atoms with E-state index in [-0.39, 0.29) is 5.82 Å². The second-order valence-corrected chi connectivity index (χ2v) is 4.62. The predicted molar refractivity (Wildman–Crippen MR) is 64.9 cm³/mol. The van der Waals surface area contributed by atoms with E-state index in [0.717, 1.165) is 0 Å². The summed E-state index contributed by atoms with van der Waals surface area (Å²) in [6.45, 7) is 0.611. The van der Waals surface area contributed by atoms with E-state index in [1.807, 2.05) is 0 Å². The van der Waals surface area contributed by atoms with E-state index in [2.05, 4.69) is 4.98 Å². The standard InChI is InChI=1S/C12H14FN3O2/c1-15-11-7(13)3-2-4-8(11)14-12(15)16-5-9(17)10(18)6-16/h2-4,9-10,17-18H,5-6H2,1H3. The van der Waals surface area contributed by atoms with Crippen molar-refractivity contribution >= 4 is 17.0 Å². The molecule has 1 fully saturated rings. The lowest BCUT2D eigenvalue weighted by atomic mass is 10.3. The van der Waals surface area contributed by atoms with Gasteiger partial charge in [-0.1, -0.05) is 6.07 Å². The molecule has 0 aliphatic carbocycles. The number of para-hydroxylation sites is 1. The second kappa shape index (κ2) is 3.93. The molecule has 1 aromatic heterocycles. The molecule has 1 aromatic carbocycles. The van der Waals surface area contributed by atoms with Crippen LogP contribution in [0.15, 0.2) is 18.2 Å². The van der Waals surface area contributed by atoms with Gasteiger partial charge >= 0.3 is 0 Å². The Balaban J connectivity index is 2.08. The average Bonchev–Trinajstić information content (AvgIpc) is 2.82. The summed E-state index contributed by atoms with van der Waals surface area (Å²) in [6.07, 6.45) is -1.57. The lowest BCUT2D eigenvalue weighted by Gasteiger charge is -2.16. The largest absolute Gasteiger partial charge is 0.388 e. The Kier molecular flexibility index (Phi) is 2.49. The fourth-order valence-electron chi connectivity index (χ4n) is 2.42. The highest BCUT2D eigenvalue weighted by Gasteiger charge is 2.32. The quantitative estimate of drug-likeness (QED) is 0.763. The first-order valence-electron chi connectivity index (χ1n) is 5.80. The summed E-state index contributed by atoms with van der Waals surface area (Å²) in [5, 5.41) is 19.1. The highest BCUT2D eigenvalue weighted by molar-refractivity contribution is 5.79. The van der Waals surface area contributed by atoms with Crippen LogP contribution >= 0.6 is 0 Å². The Bertz CT molecular complexity index is 588. The number of aliphatic hydroxyl groups excluding tert-OH is 2. The third-order valence-corrected chi connectivity index (χ3v) is 3.36. The smallest absolute Gasteiger partial charge is 0.206 e. The van der Waals surface area contributed by atoms with Crippen LogP contribution in [-0.2, 0) is 7.05 Å². The number of β-amino-alcohol motifs (C(OH)–C–C–N with tert-alkyl or cyclic N) is 2. The van der Waals surface area contributed by atoms with Crippen LogP contribution in [0.4, 0.5) is 10.3 Å². The average molecular weight is 251 g/mol. The van der Waals surface area contributed by atoms with Crippen molar-refractivity contribution in [2.45, 2.75) is 12.2 Å². The van der Waals surface area contributed by atoms with Crippen molar-refractivity contribution in [3.05, 3.63) is 24.0 Å². The van der Waals surface area contributed by atoms with Gasteiger partial charge in [-0.3, -0.25) is 0 Å². The molecule has 2 aromatic rings. The van der Waals surface area contributed by atoms with Gasteiger partial charge in [0.1, 0.15) is 11.3 Å². The number of imidazole rings is 1. The molecule has 2 heterocycles. The molecule has 0 radical (unpaired) electrons. The number of anilines is 1. The summed E-state index contributed by atoms with van der Waals surface area (Å²) < 4.78 is 15.4. The molecule has 1 aliphatic rings. The monoisotopic (exact) mass is 251 g/mol. The van der Waals surface area contributed by atoms with Crippen molar-refractivity contribution in [3.8, 4) is 0 Å². The molecule has 2 atom stereocenters. The van der Waals surface area contributed by atoms with E-state index < -0.39 is 12.2 Å². The van der Waals surface area contributed by atoms with Gasteiger partial charge in [0.25, 0.3) is 0 Å². The van der Waals surface area contributed by atoms with Gasteiger partial charge < -0.3 is 19.7 Å². The number of rotatable bonds is 1. The molecular weight excluding hydrogens is 237 g/mol. The van der Waals surface area contributed by atoms with E-state index >= 15 is 0 Å². The third kappa shape index (κ3) is 1.57. The molecular formula is C12H14FN3O2. The van der Waals surface area contributed by atoms with Gasteiger partial charge in [0.2, 0.25) is 5.95 Å². The number of aryl methyl sites for hydroxylation is 1. The minimum Gasteiger partial charge on any atom is -0.388 e. The molecule has 0 amide bonds. The van der Waals surface area contributed by atoms with Crippen molar-refractivity contribution in [2.75, 3.05) is 18.0 Å². The van der Waals surface area contributed by atoms with Crippen LogP contribution < -0.4 is 4.90 Å². The summed E-state index contributed by atoms with van der Waals surface area (Å²) in [5.41, 5.74) is 1.01. The number of aromatic nitrogens is 2. The van der Waals surface area contributed by atoms with Gasteiger partial charge in [-0.25, -0.2) is 9.37 Å². The molecule has 0 spiro atoms. The lowest BCUT2D eigenvalue weighted by molar-refractivity contribution is 0.0572. The lowest BCUT2D eigenvalue weighted by Crippen LogP contribution is -2.24. The number of hydrogen-bond donors (Lipinski definition) is 2. The molecule has 18 heavy (non-hydrogen) atoms. The first kappa shape index (κ1) is 11.4. The van der Waals surface area contributed by atoms with Gasteiger partial charge in [-0.05, 0) is 12.1 Å². The minimum atomic E-state index is -0.783. The maximum Gasteiger partial charge on any atom is 0.206 e. The summed E-state index contributed by atoms with van der Waals surface area (Å²) >= 11 is 0. The van der Waals surface area contributed by atoms with Crippen molar-refractivity contribution in [3.63, 3.8) is 0 Å². The fraction of sp³-hybridized carbons (Fsp3) is 0.417. The molecule has 1 aliphatic heterocycles. The Hall–Kier alpha value is -1.66. The summed E-state index contributed by atoms with van der Waals surface area (Å²) in [7, 11) is 1.73. The van der Waals surface area contributed by atoms with E-state index in [9.17, 15) is 14.6 Å². The molecule has 3 rings (SSSR count). The molecule has 2 unspecified atom stereocenters. The van der Waals surface area contributed by atoms with E-state index in [1.165, 1.54) is 6.07 Å². The molecule has 6 heteroatoms. The zero-order valence-electron chi connectivity index (χ0n) is 9.91. The van der Waals surface area contributed by atoms with Crippen LogP contribution in [-0.4, -0.2) is 45.1 Å². The highest BCUT2D eigenvalue weighted by Crippen LogP contribution is 2.26. The van der Waals surface area contributed by atoms with Crippen LogP contribution in [0.5, 0.6) is 0 Å². The maximum atomic E-state index is 13.7. The Morgan fingerprint density at radius 1 is 1.28 bits per heavy atom. The molecule has 1 saturated heterocycles. The molecule has 96 valence electrons. The Morgan fingerprint density at radius 3 is 2.56 bits per heavy atom. The van der Waals surface area contributed by atoms with Gasteiger partial charge in [0.15, 0.2) is 0 Å². The fourth-order valence-corrected chi connectivity index (χ4v) is 2.42. The summed E-state index contributed by atoms with van der Waals surface area (Å²) in [5.74, 6) is 0.236. The second-order valence-electron chi connectivity index (χ2n) is 4.62. The van der Waals surface area contributed by atoms with Crippen molar-refractivity contribution < 1.29 is 14.6 Å². The van der Waals surface area contributed by atoms with Crippen molar-refractivity contribution in [2.24, 2.45) is 7.05 Å². The first-order chi connectivity index (χ1) is 8.58. The first-order valence-corrected chi connectivity index (χ1v) is 5.80. The number of halogens is 1. The SMILES string of the molecule is Cn1c(N2CC(O)C(O)C2)nc2cccc(F)c21. The van der Waals surface area contributed by atoms with Crippen LogP contribution in [0.2, 0.25) is 0 Å².